The lowest BCUT2D eigenvalue weighted by atomic mass is 9.87. The van der Waals surface area contributed by atoms with Crippen molar-refractivity contribution < 1.29 is 4.79 Å². The van der Waals surface area contributed by atoms with Crippen molar-refractivity contribution in [1.82, 2.24) is 15.0 Å². The summed E-state index contributed by atoms with van der Waals surface area (Å²) in [5.41, 5.74) is 6.13. The molecule has 1 N–H and O–H groups in total. The number of fused-ring (bicyclic) bond motifs is 1. The van der Waals surface area contributed by atoms with Crippen LogP contribution in [0, 0.1) is 13.8 Å². The molecule has 0 atom stereocenters. The fourth-order valence-electron chi connectivity index (χ4n) is 2.73. The summed E-state index contributed by atoms with van der Waals surface area (Å²) in [6, 6.07) is 12.0. The molecule has 1 heterocycles. The first kappa shape index (κ1) is 17.1. The van der Waals surface area contributed by atoms with E-state index in [4.69, 9.17) is 0 Å². The van der Waals surface area contributed by atoms with Gasteiger partial charge in [0.05, 0.1) is 5.52 Å². The van der Waals surface area contributed by atoms with Gasteiger partial charge in [0.15, 0.2) is 0 Å². The summed E-state index contributed by atoms with van der Waals surface area (Å²) >= 11 is 0. The molecule has 0 aliphatic carbocycles. The number of anilines is 1. The maximum absolute atomic E-state index is 12.4. The first-order chi connectivity index (χ1) is 11.7. The van der Waals surface area contributed by atoms with Crippen LogP contribution < -0.4 is 5.32 Å². The second kappa shape index (κ2) is 6.31. The Morgan fingerprint density at radius 3 is 2.36 bits per heavy atom. The average molecular weight is 336 g/mol. The molecule has 0 saturated heterocycles. The summed E-state index contributed by atoms with van der Waals surface area (Å²) in [6.07, 6.45) is 0. The number of carbonyl (C=O) groups is 1. The Morgan fingerprint density at radius 1 is 1.08 bits per heavy atom. The highest BCUT2D eigenvalue weighted by Gasteiger charge is 2.14. The van der Waals surface area contributed by atoms with Gasteiger partial charge >= 0.3 is 0 Å². The first-order valence-corrected chi connectivity index (χ1v) is 8.45. The molecule has 3 aromatic rings. The van der Waals surface area contributed by atoms with Crippen LogP contribution in [-0.2, 0) is 16.8 Å². The Bertz CT molecular complexity index is 917. The van der Waals surface area contributed by atoms with Crippen molar-refractivity contribution in [3.8, 4) is 0 Å². The van der Waals surface area contributed by atoms with E-state index >= 15 is 0 Å². The van der Waals surface area contributed by atoms with Gasteiger partial charge in [-0.2, -0.15) is 0 Å². The van der Waals surface area contributed by atoms with Gasteiger partial charge in [0, 0.05) is 5.69 Å². The lowest BCUT2D eigenvalue weighted by Crippen LogP contribution is -2.19. The van der Waals surface area contributed by atoms with E-state index in [1.54, 1.807) is 4.68 Å². The van der Waals surface area contributed by atoms with Gasteiger partial charge in [-0.25, -0.2) is 4.68 Å². The van der Waals surface area contributed by atoms with Crippen LogP contribution in [0.25, 0.3) is 11.0 Å². The molecule has 1 aromatic heterocycles. The maximum atomic E-state index is 12.4. The van der Waals surface area contributed by atoms with Crippen LogP contribution >= 0.6 is 0 Å². The first-order valence-electron chi connectivity index (χ1n) is 8.45. The van der Waals surface area contributed by atoms with E-state index in [0.717, 1.165) is 22.3 Å². The fraction of sp³-hybridized carbons (Fsp3) is 0.350. The van der Waals surface area contributed by atoms with Crippen molar-refractivity contribution in [2.45, 2.75) is 46.6 Å². The number of aromatic nitrogens is 3. The highest BCUT2D eigenvalue weighted by atomic mass is 16.2. The SMILES string of the molecule is Cc1cc2nnn(CC(=O)Nc3ccc(C(C)(C)C)cc3)c2cc1C. The van der Waals surface area contributed by atoms with Gasteiger partial charge < -0.3 is 5.32 Å². The molecule has 0 bridgehead atoms. The van der Waals surface area contributed by atoms with Gasteiger partial charge in [0.1, 0.15) is 12.1 Å². The summed E-state index contributed by atoms with van der Waals surface area (Å²) in [5, 5.41) is 11.2. The van der Waals surface area contributed by atoms with E-state index in [-0.39, 0.29) is 17.9 Å². The maximum Gasteiger partial charge on any atom is 0.246 e. The van der Waals surface area contributed by atoms with Crippen molar-refractivity contribution in [3.63, 3.8) is 0 Å². The number of amides is 1. The van der Waals surface area contributed by atoms with E-state index in [2.05, 4.69) is 36.4 Å². The Kier molecular flexibility index (Phi) is 4.33. The number of hydrogen-bond donors (Lipinski definition) is 1. The molecule has 5 heteroatoms. The van der Waals surface area contributed by atoms with Crippen molar-refractivity contribution >= 4 is 22.6 Å². The fourth-order valence-corrected chi connectivity index (χ4v) is 2.73. The monoisotopic (exact) mass is 336 g/mol. The zero-order valence-electron chi connectivity index (χ0n) is 15.4. The second-order valence-electron chi connectivity index (χ2n) is 7.55. The minimum atomic E-state index is -0.117. The van der Waals surface area contributed by atoms with Crippen LogP contribution in [0.5, 0.6) is 0 Å². The summed E-state index contributed by atoms with van der Waals surface area (Å²) < 4.78 is 1.64. The van der Waals surface area contributed by atoms with Crippen LogP contribution in [-0.4, -0.2) is 20.9 Å². The van der Waals surface area contributed by atoms with E-state index < -0.39 is 0 Å². The number of nitrogens with zero attached hydrogens (tertiary/aromatic N) is 3. The molecule has 0 saturated carbocycles. The Morgan fingerprint density at radius 2 is 1.72 bits per heavy atom. The highest BCUT2D eigenvalue weighted by Crippen LogP contribution is 2.23. The lowest BCUT2D eigenvalue weighted by Gasteiger charge is -2.19. The lowest BCUT2D eigenvalue weighted by molar-refractivity contribution is -0.116. The summed E-state index contributed by atoms with van der Waals surface area (Å²) in [5.74, 6) is -0.117. The summed E-state index contributed by atoms with van der Waals surface area (Å²) in [6.45, 7) is 10.7. The summed E-state index contributed by atoms with van der Waals surface area (Å²) in [4.78, 5) is 12.4. The molecule has 0 unspecified atom stereocenters. The molecule has 0 fully saturated rings. The van der Waals surface area contributed by atoms with Gasteiger partial charge in [-0.05, 0) is 60.2 Å². The average Bonchev–Trinajstić information content (AvgIpc) is 2.89. The highest BCUT2D eigenvalue weighted by molar-refractivity contribution is 5.91. The largest absolute Gasteiger partial charge is 0.324 e. The molecule has 2 aromatic carbocycles. The number of nitrogens with one attached hydrogen (secondary N) is 1. The number of carbonyl (C=O) groups excluding carboxylic acids is 1. The van der Waals surface area contributed by atoms with E-state index in [1.165, 1.54) is 11.1 Å². The predicted octanol–water partition coefficient (Wildman–Crippen LogP) is 3.98. The standard InChI is InChI=1S/C20H24N4O/c1-13-10-17-18(11-14(13)2)24(23-22-17)12-19(25)21-16-8-6-15(7-9-16)20(3,4)5/h6-11H,12H2,1-5H3,(H,21,25). The van der Waals surface area contributed by atoms with Gasteiger partial charge in [0.2, 0.25) is 5.91 Å². The molecule has 0 radical (unpaired) electrons. The second-order valence-corrected chi connectivity index (χ2v) is 7.55. The van der Waals surface area contributed by atoms with Gasteiger partial charge in [0.25, 0.3) is 0 Å². The minimum absolute atomic E-state index is 0.0954. The van der Waals surface area contributed by atoms with Crippen LogP contribution in [0.2, 0.25) is 0 Å². The Balaban J connectivity index is 1.74. The molecule has 0 aliphatic heterocycles. The van der Waals surface area contributed by atoms with E-state index in [0.29, 0.717) is 0 Å². The third-order valence-electron chi connectivity index (χ3n) is 4.46. The third-order valence-corrected chi connectivity index (χ3v) is 4.46. The molecule has 5 nitrogen and oxygen atoms in total. The van der Waals surface area contributed by atoms with Crippen molar-refractivity contribution in [2.75, 3.05) is 5.32 Å². The number of rotatable bonds is 3. The minimum Gasteiger partial charge on any atom is -0.324 e. The molecule has 130 valence electrons. The normalized spacial score (nSPS) is 11.7. The third kappa shape index (κ3) is 3.71. The van der Waals surface area contributed by atoms with Gasteiger partial charge in [-0.1, -0.05) is 38.1 Å². The number of aryl methyl sites for hydroxylation is 2. The van der Waals surface area contributed by atoms with Crippen LogP contribution in [0.1, 0.15) is 37.5 Å². The number of benzene rings is 2. The zero-order valence-corrected chi connectivity index (χ0v) is 15.4. The number of hydrogen-bond acceptors (Lipinski definition) is 3. The molecule has 1 amide bonds. The molecular weight excluding hydrogens is 312 g/mol. The van der Waals surface area contributed by atoms with Crippen LogP contribution in [0.4, 0.5) is 5.69 Å². The van der Waals surface area contributed by atoms with Crippen molar-refractivity contribution in [1.29, 1.82) is 0 Å². The zero-order chi connectivity index (χ0) is 18.2. The van der Waals surface area contributed by atoms with E-state index in [9.17, 15) is 4.79 Å². The summed E-state index contributed by atoms with van der Waals surface area (Å²) in [7, 11) is 0. The molecule has 0 spiro atoms. The molecule has 0 aliphatic rings. The Hall–Kier alpha value is -2.69. The molecular formula is C20H24N4O. The quantitative estimate of drug-likeness (QED) is 0.787. The van der Waals surface area contributed by atoms with Gasteiger partial charge in [-0.15, -0.1) is 5.10 Å². The van der Waals surface area contributed by atoms with Crippen molar-refractivity contribution in [2.24, 2.45) is 0 Å². The van der Waals surface area contributed by atoms with Crippen LogP contribution in [0.3, 0.4) is 0 Å². The predicted molar refractivity (Wildman–Crippen MR) is 101 cm³/mol. The molecule has 3 rings (SSSR count). The van der Waals surface area contributed by atoms with E-state index in [1.807, 2.05) is 50.2 Å². The van der Waals surface area contributed by atoms with Crippen LogP contribution in [0.15, 0.2) is 36.4 Å². The van der Waals surface area contributed by atoms with Crippen molar-refractivity contribution in [3.05, 3.63) is 53.1 Å². The van der Waals surface area contributed by atoms with Gasteiger partial charge in [-0.3, -0.25) is 4.79 Å². The smallest absolute Gasteiger partial charge is 0.246 e. The Labute approximate surface area is 148 Å². The topological polar surface area (TPSA) is 59.8 Å². The molecule has 25 heavy (non-hydrogen) atoms.